The van der Waals surface area contributed by atoms with Crippen molar-refractivity contribution in [3.63, 3.8) is 0 Å². The smallest absolute Gasteiger partial charge is 0.220 e. The van der Waals surface area contributed by atoms with E-state index in [2.05, 4.69) is 47.6 Å². The van der Waals surface area contributed by atoms with Crippen LogP contribution in [-0.2, 0) is 9.47 Å². The first-order chi connectivity index (χ1) is 20.0. The van der Waals surface area contributed by atoms with Crippen molar-refractivity contribution in [3.8, 4) is 0 Å². The second-order valence-electron chi connectivity index (χ2n) is 17.4. The average molecular weight is 604 g/mol. The van der Waals surface area contributed by atoms with Gasteiger partial charge in [-0.2, -0.15) is 0 Å². The fourth-order valence-corrected chi connectivity index (χ4v) is 11.4. The molecule has 3 saturated carbocycles. The number of aliphatic hydroxyl groups is 2. The van der Waals surface area contributed by atoms with E-state index in [4.69, 9.17) is 9.47 Å². The van der Waals surface area contributed by atoms with Crippen LogP contribution in [0.5, 0.6) is 0 Å². The monoisotopic (exact) mass is 603 g/mol. The fraction of sp³-hybridized carbons (Fsp3) is 0.944. The first-order valence-corrected chi connectivity index (χ1v) is 17.4. The van der Waals surface area contributed by atoms with E-state index in [1.54, 1.807) is 0 Å². The summed E-state index contributed by atoms with van der Waals surface area (Å²) in [6.07, 6.45) is 13.3. The Morgan fingerprint density at radius 2 is 1.81 bits per heavy atom. The Hall–Kier alpha value is -1.02. The van der Waals surface area contributed by atoms with Crippen LogP contribution in [0.1, 0.15) is 132 Å². The van der Waals surface area contributed by atoms with Crippen molar-refractivity contribution in [1.29, 1.82) is 0 Å². The summed E-state index contributed by atoms with van der Waals surface area (Å²) in [5, 5.41) is 31.6. The summed E-state index contributed by atoms with van der Waals surface area (Å²) in [6.45, 7) is 18.6. The summed E-state index contributed by atoms with van der Waals surface area (Å²) in [5.74, 6) is 2.63. The van der Waals surface area contributed by atoms with E-state index in [1.807, 2.05) is 13.8 Å². The van der Waals surface area contributed by atoms with Crippen molar-refractivity contribution < 1.29 is 24.6 Å². The molecule has 0 aromatic rings. The Kier molecular flexibility index (Phi) is 9.04. The van der Waals surface area contributed by atoms with Gasteiger partial charge < -0.3 is 19.7 Å². The highest BCUT2D eigenvalue weighted by Crippen LogP contribution is 2.75. The Labute approximate surface area is 260 Å². The summed E-state index contributed by atoms with van der Waals surface area (Å²) in [4.78, 5) is 11.4. The lowest BCUT2D eigenvalue weighted by molar-refractivity contribution is -0.538. The van der Waals surface area contributed by atoms with Gasteiger partial charge in [0.05, 0.1) is 30.8 Å². The van der Waals surface area contributed by atoms with E-state index < -0.39 is 24.0 Å². The van der Waals surface area contributed by atoms with E-state index in [9.17, 15) is 20.3 Å². The minimum Gasteiger partial charge on any atom is -0.394 e. The lowest BCUT2D eigenvalue weighted by Gasteiger charge is -2.66. The number of hydrogen-bond acceptors (Lipinski definition) is 6. The highest BCUT2D eigenvalue weighted by molar-refractivity contribution is 5.30. The fourth-order valence-electron chi connectivity index (χ4n) is 11.4. The maximum absolute atomic E-state index is 11.6. The first kappa shape index (κ1) is 33.3. The zero-order chi connectivity index (χ0) is 31.6. The van der Waals surface area contributed by atoms with Crippen LogP contribution in [0, 0.1) is 55.4 Å². The Bertz CT molecular complexity index is 1070. The minimum atomic E-state index is -0.735. The van der Waals surface area contributed by atoms with Crippen LogP contribution in [0.25, 0.3) is 0 Å². The van der Waals surface area contributed by atoms with Crippen LogP contribution in [-0.4, -0.2) is 51.9 Å². The van der Waals surface area contributed by atoms with Crippen molar-refractivity contribution in [2.45, 2.75) is 163 Å². The van der Waals surface area contributed by atoms with Crippen LogP contribution >= 0.6 is 0 Å². The molecule has 7 nitrogen and oxygen atoms in total. The number of rotatable bonds is 9. The quantitative estimate of drug-likeness (QED) is 0.159. The molecule has 246 valence electrons. The molecule has 5 rings (SSSR count). The number of hydrogen-bond donors (Lipinski definition) is 2. The van der Waals surface area contributed by atoms with E-state index in [0.717, 1.165) is 38.0 Å². The molecule has 43 heavy (non-hydrogen) atoms. The standard InChI is InChI=1S/C36H61NO6/c1-23(10-9-16-32(2,3)39)26-15-17-36(8)29-13-11-27-28(34(29,6)18-19-35(26,36)7)12-14-30(33(27,4)5)43-31-21-24(37(40)41)20-25(22-38)42-31/h11,23-26,28-31,38-39H,9-10,12-22H2,1-8H3/t23-,24+,25+,26?,28?,29?,30+,31+,34+,35-,36+/m1/s1. The summed E-state index contributed by atoms with van der Waals surface area (Å²) in [7, 11) is 0. The number of aliphatic hydroxyl groups excluding tert-OH is 1. The molecule has 5 aliphatic rings. The SMILES string of the molecule is C[C@H](CCCC(C)(C)O)C1CC[C@@]2(C)C3CC=C4C(CC[C@H](O[C@H]5C[C@@H]([N+](=O)[O-])C[C@@H](CO)O5)C4(C)C)[C@]3(C)CC[C@]12C. The van der Waals surface area contributed by atoms with Crippen molar-refractivity contribution in [1.82, 2.24) is 0 Å². The van der Waals surface area contributed by atoms with Gasteiger partial charge in [0.15, 0.2) is 6.29 Å². The van der Waals surface area contributed by atoms with Crippen LogP contribution in [0.15, 0.2) is 11.6 Å². The zero-order valence-electron chi connectivity index (χ0n) is 28.4. The maximum Gasteiger partial charge on any atom is 0.220 e. The molecule has 0 amide bonds. The molecule has 11 atom stereocenters. The van der Waals surface area contributed by atoms with Gasteiger partial charge in [0, 0.05) is 16.8 Å². The van der Waals surface area contributed by atoms with Crippen molar-refractivity contribution in [3.05, 3.63) is 21.8 Å². The van der Waals surface area contributed by atoms with E-state index in [1.165, 1.54) is 37.7 Å². The third-order valence-electron chi connectivity index (χ3n) is 14.2. The van der Waals surface area contributed by atoms with Gasteiger partial charge >= 0.3 is 0 Å². The molecule has 1 heterocycles. The predicted molar refractivity (Wildman–Crippen MR) is 169 cm³/mol. The summed E-state index contributed by atoms with van der Waals surface area (Å²) in [6, 6.07) is -0.735. The summed E-state index contributed by atoms with van der Waals surface area (Å²) in [5.41, 5.74) is 1.71. The van der Waals surface area contributed by atoms with Gasteiger partial charge in [0.2, 0.25) is 6.04 Å². The molecule has 0 bridgehead atoms. The molecule has 0 radical (unpaired) electrons. The van der Waals surface area contributed by atoms with Gasteiger partial charge in [0.1, 0.15) is 0 Å². The Morgan fingerprint density at radius 3 is 2.47 bits per heavy atom. The van der Waals surface area contributed by atoms with E-state index >= 15 is 0 Å². The van der Waals surface area contributed by atoms with Gasteiger partial charge in [-0.25, -0.2) is 0 Å². The number of nitro groups is 1. The van der Waals surface area contributed by atoms with Crippen molar-refractivity contribution in [2.75, 3.05) is 6.61 Å². The molecule has 4 fully saturated rings. The Morgan fingerprint density at radius 1 is 1.09 bits per heavy atom. The number of fused-ring (bicyclic) bond motifs is 5. The number of allylic oxidation sites excluding steroid dienone is 1. The highest BCUT2D eigenvalue weighted by atomic mass is 16.7. The second-order valence-corrected chi connectivity index (χ2v) is 17.4. The molecule has 3 unspecified atom stereocenters. The van der Waals surface area contributed by atoms with Gasteiger partial charge in [-0.1, -0.05) is 66.0 Å². The molecule has 0 aromatic carbocycles. The summed E-state index contributed by atoms with van der Waals surface area (Å²) >= 11 is 0. The lowest BCUT2D eigenvalue weighted by Crippen LogP contribution is -2.59. The molecule has 2 N–H and O–H groups in total. The minimum absolute atomic E-state index is 0.0601. The number of nitrogens with zero attached hydrogens (tertiary/aromatic N) is 1. The largest absolute Gasteiger partial charge is 0.394 e. The second kappa shape index (κ2) is 11.7. The average Bonchev–Trinajstić information content (AvgIpc) is 3.20. The van der Waals surface area contributed by atoms with Gasteiger partial charge in [-0.15, -0.1) is 0 Å². The molecule has 1 aliphatic heterocycles. The molecular formula is C36H61NO6. The predicted octanol–water partition coefficient (Wildman–Crippen LogP) is 7.70. The summed E-state index contributed by atoms with van der Waals surface area (Å²) < 4.78 is 12.6. The molecule has 1 saturated heterocycles. The van der Waals surface area contributed by atoms with E-state index in [0.29, 0.717) is 28.6 Å². The highest BCUT2D eigenvalue weighted by Gasteiger charge is 2.67. The molecular weight excluding hydrogens is 542 g/mol. The molecule has 7 heteroatoms. The maximum atomic E-state index is 11.6. The van der Waals surface area contributed by atoms with Crippen molar-refractivity contribution in [2.24, 2.45) is 45.3 Å². The lowest BCUT2D eigenvalue weighted by atomic mass is 9.39. The van der Waals surface area contributed by atoms with Crippen LogP contribution < -0.4 is 0 Å². The third kappa shape index (κ3) is 5.76. The van der Waals surface area contributed by atoms with E-state index in [-0.39, 0.29) is 41.3 Å². The molecule has 0 aromatic heterocycles. The molecule has 4 aliphatic carbocycles. The number of ether oxygens (including phenoxy) is 2. The third-order valence-corrected chi connectivity index (χ3v) is 14.2. The van der Waals surface area contributed by atoms with Gasteiger partial charge in [-0.05, 0) is 105 Å². The van der Waals surface area contributed by atoms with Crippen LogP contribution in [0.2, 0.25) is 0 Å². The molecule has 0 spiro atoms. The first-order valence-electron chi connectivity index (χ1n) is 17.4. The van der Waals surface area contributed by atoms with Crippen LogP contribution in [0.4, 0.5) is 0 Å². The normalized spacial score (nSPS) is 45.0. The van der Waals surface area contributed by atoms with Gasteiger partial charge in [-0.3, -0.25) is 10.1 Å². The Balaban J connectivity index is 1.32. The van der Waals surface area contributed by atoms with Crippen molar-refractivity contribution >= 4 is 0 Å². The van der Waals surface area contributed by atoms with Crippen LogP contribution in [0.3, 0.4) is 0 Å². The zero-order valence-corrected chi connectivity index (χ0v) is 28.4. The van der Waals surface area contributed by atoms with Gasteiger partial charge in [0.25, 0.3) is 0 Å². The topological polar surface area (TPSA) is 102 Å².